The number of carbonyl (C=O) groups is 1. The van der Waals surface area contributed by atoms with E-state index in [-0.39, 0.29) is 6.03 Å². The van der Waals surface area contributed by atoms with Crippen molar-refractivity contribution in [1.82, 2.24) is 10.2 Å². The van der Waals surface area contributed by atoms with Crippen LogP contribution in [0.5, 0.6) is 0 Å². The van der Waals surface area contributed by atoms with Crippen LogP contribution in [0.3, 0.4) is 0 Å². The first kappa shape index (κ1) is 15.5. The van der Waals surface area contributed by atoms with Crippen molar-refractivity contribution in [3.8, 4) is 0 Å². The lowest BCUT2D eigenvalue weighted by atomic mass is 10.1. The van der Waals surface area contributed by atoms with Crippen LogP contribution in [-0.4, -0.2) is 42.8 Å². The van der Waals surface area contributed by atoms with Crippen LogP contribution in [0, 0.1) is 0 Å². The van der Waals surface area contributed by atoms with E-state index in [1.165, 1.54) is 4.90 Å². The van der Waals surface area contributed by atoms with Gasteiger partial charge >= 0.3 is 6.03 Å². The number of ether oxygens (including phenoxy) is 1. The summed E-state index contributed by atoms with van der Waals surface area (Å²) in [5.74, 6) is 0. The molecule has 0 saturated carbocycles. The van der Waals surface area contributed by atoms with Gasteiger partial charge in [0.05, 0.1) is 12.7 Å². The van der Waals surface area contributed by atoms with E-state index in [4.69, 9.17) is 4.74 Å². The molecule has 0 spiro atoms. The molecule has 0 saturated heterocycles. The highest BCUT2D eigenvalue weighted by atomic mass is 16.5. The standard InChI is InChI=1S/C14H22N2O3/c1-11(17)9-16(2)14(18)15-8-12-6-4-5-7-13(12)10-19-3/h4-7,11,17H,8-10H2,1-3H3,(H,15,18). The van der Waals surface area contributed by atoms with E-state index < -0.39 is 6.10 Å². The molecular formula is C14H22N2O3. The highest BCUT2D eigenvalue weighted by Gasteiger charge is 2.11. The lowest BCUT2D eigenvalue weighted by Gasteiger charge is -2.19. The van der Waals surface area contributed by atoms with E-state index >= 15 is 0 Å². The van der Waals surface area contributed by atoms with Gasteiger partial charge in [0, 0.05) is 27.2 Å². The van der Waals surface area contributed by atoms with Gasteiger partial charge in [-0.1, -0.05) is 24.3 Å². The van der Waals surface area contributed by atoms with Crippen LogP contribution >= 0.6 is 0 Å². The van der Waals surface area contributed by atoms with Gasteiger partial charge in [-0.15, -0.1) is 0 Å². The average molecular weight is 266 g/mol. The maximum atomic E-state index is 11.8. The molecule has 2 amide bonds. The van der Waals surface area contributed by atoms with Crippen LogP contribution in [0.25, 0.3) is 0 Å². The van der Waals surface area contributed by atoms with Gasteiger partial charge in [0.2, 0.25) is 0 Å². The van der Waals surface area contributed by atoms with E-state index in [1.54, 1.807) is 21.1 Å². The summed E-state index contributed by atoms with van der Waals surface area (Å²) < 4.78 is 5.12. The third kappa shape index (κ3) is 5.28. The zero-order valence-corrected chi connectivity index (χ0v) is 11.7. The van der Waals surface area contributed by atoms with Crippen LogP contribution in [0.2, 0.25) is 0 Å². The number of hydrogen-bond acceptors (Lipinski definition) is 3. The predicted octanol–water partition coefficient (Wildman–Crippen LogP) is 1.36. The number of amides is 2. The van der Waals surface area contributed by atoms with Gasteiger partial charge in [0.25, 0.3) is 0 Å². The third-order valence-corrected chi connectivity index (χ3v) is 2.73. The first-order valence-electron chi connectivity index (χ1n) is 6.27. The molecule has 0 aliphatic heterocycles. The maximum Gasteiger partial charge on any atom is 0.317 e. The number of nitrogens with zero attached hydrogens (tertiary/aromatic N) is 1. The fourth-order valence-electron chi connectivity index (χ4n) is 1.81. The quantitative estimate of drug-likeness (QED) is 0.817. The maximum absolute atomic E-state index is 11.8. The van der Waals surface area contributed by atoms with Crippen LogP contribution in [0.1, 0.15) is 18.1 Å². The van der Waals surface area contributed by atoms with Crippen molar-refractivity contribution in [2.45, 2.75) is 26.2 Å². The minimum atomic E-state index is -0.531. The third-order valence-electron chi connectivity index (χ3n) is 2.73. The van der Waals surface area contributed by atoms with Gasteiger partial charge in [0.15, 0.2) is 0 Å². The van der Waals surface area contributed by atoms with Crippen LogP contribution in [0.15, 0.2) is 24.3 Å². The molecule has 19 heavy (non-hydrogen) atoms. The molecule has 2 N–H and O–H groups in total. The number of urea groups is 1. The second-order valence-electron chi connectivity index (χ2n) is 4.59. The number of aliphatic hydroxyl groups is 1. The monoisotopic (exact) mass is 266 g/mol. The molecule has 1 aromatic rings. The Morgan fingerprint density at radius 3 is 2.63 bits per heavy atom. The van der Waals surface area contributed by atoms with Gasteiger partial charge in [-0.2, -0.15) is 0 Å². The van der Waals surface area contributed by atoms with Crippen molar-refractivity contribution in [2.24, 2.45) is 0 Å². The summed E-state index contributed by atoms with van der Waals surface area (Å²) in [4.78, 5) is 13.3. The summed E-state index contributed by atoms with van der Waals surface area (Å²) in [5.41, 5.74) is 2.09. The van der Waals surface area contributed by atoms with Gasteiger partial charge in [-0.3, -0.25) is 0 Å². The lowest BCUT2D eigenvalue weighted by Crippen LogP contribution is -2.40. The van der Waals surface area contributed by atoms with Crippen LogP contribution < -0.4 is 5.32 Å². The Kier molecular flexibility index (Phi) is 6.32. The van der Waals surface area contributed by atoms with E-state index in [0.717, 1.165) is 11.1 Å². The van der Waals surface area contributed by atoms with Gasteiger partial charge in [-0.05, 0) is 18.1 Å². The second kappa shape index (κ2) is 7.76. The van der Waals surface area contributed by atoms with E-state index in [0.29, 0.717) is 19.7 Å². The van der Waals surface area contributed by atoms with Crippen molar-refractivity contribution in [1.29, 1.82) is 0 Å². The molecule has 1 rings (SSSR count). The summed E-state index contributed by atoms with van der Waals surface area (Å²) in [7, 11) is 3.30. The Morgan fingerprint density at radius 1 is 1.42 bits per heavy atom. The zero-order chi connectivity index (χ0) is 14.3. The lowest BCUT2D eigenvalue weighted by molar-refractivity contribution is 0.143. The number of carbonyl (C=O) groups excluding carboxylic acids is 1. The summed E-state index contributed by atoms with van der Waals surface area (Å²) in [6, 6.07) is 7.61. The Hall–Kier alpha value is -1.59. The largest absolute Gasteiger partial charge is 0.392 e. The molecule has 1 aromatic carbocycles. The second-order valence-corrected chi connectivity index (χ2v) is 4.59. The van der Waals surface area contributed by atoms with Crippen LogP contribution in [-0.2, 0) is 17.9 Å². The predicted molar refractivity (Wildman–Crippen MR) is 73.7 cm³/mol. The average Bonchev–Trinajstić information content (AvgIpc) is 2.37. The number of nitrogens with one attached hydrogen (secondary N) is 1. The smallest absolute Gasteiger partial charge is 0.317 e. The van der Waals surface area contributed by atoms with Crippen molar-refractivity contribution in [3.05, 3.63) is 35.4 Å². The van der Waals surface area contributed by atoms with Crippen molar-refractivity contribution in [3.63, 3.8) is 0 Å². The molecular weight excluding hydrogens is 244 g/mol. The molecule has 106 valence electrons. The number of hydrogen-bond donors (Lipinski definition) is 2. The Labute approximate surface area is 114 Å². The number of methoxy groups -OCH3 is 1. The minimum Gasteiger partial charge on any atom is -0.392 e. The first-order valence-corrected chi connectivity index (χ1v) is 6.27. The molecule has 0 aromatic heterocycles. The summed E-state index contributed by atoms with van der Waals surface area (Å²) in [5, 5.41) is 12.1. The molecule has 0 fully saturated rings. The molecule has 0 radical (unpaired) electrons. The van der Waals surface area contributed by atoms with Crippen molar-refractivity contribution >= 4 is 6.03 Å². The fourth-order valence-corrected chi connectivity index (χ4v) is 1.81. The van der Waals surface area contributed by atoms with E-state index in [1.807, 2.05) is 24.3 Å². The topological polar surface area (TPSA) is 61.8 Å². The van der Waals surface area contributed by atoms with Crippen molar-refractivity contribution in [2.75, 3.05) is 20.7 Å². The molecule has 0 bridgehead atoms. The molecule has 0 aliphatic carbocycles. The summed E-state index contributed by atoms with van der Waals surface area (Å²) >= 11 is 0. The van der Waals surface area contributed by atoms with Gasteiger partial charge < -0.3 is 20.1 Å². The summed E-state index contributed by atoms with van der Waals surface area (Å²) in [6.07, 6.45) is -0.531. The van der Waals surface area contributed by atoms with E-state index in [9.17, 15) is 9.90 Å². The molecule has 5 nitrogen and oxygen atoms in total. The molecule has 0 heterocycles. The fraction of sp³-hybridized carbons (Fsp3) is 0.500. The molecule has 0 aliphatic rings. The van der Waals surface area contributed by atoms with E-state index in [2.05, 4.69) is 5.32 Å². The molecule has 1 unspecified atom stereocenters. The number of likely N-dealkylation sites (N-methyl/N-ethyl adjacent to an activating group) is 1. The van der Waals surface area contributed by atoms with Gasteiger partial charge in [0.1, 0.15) is 0 Å². The SMILES string of the molecule is COCc1ccccc1CNC(=O)N(C)CC(C)O. The number of aliphatic hydroxyl groups excluding tert-OH is 1. The Balaban J connectivity index is 2.54. The highest BCUT2D eigenvalue weighted by molar-refractivity contribution is 5.73. The Bertz CT molecular complexity index is 407. The zero-order valence-electron chi connectivity index (χ0n) is 11.7. The van der Waals surface area contributed by atoms with Crippen LogP contribution in [0.4, 0.5) is 4.79 Å². The molecule has 1 atom stereocenters. The Morgan fingerprint density at radius 2 is 2.05 bits per heavy atom. The number of rotatable bonds is 6. The normalized spacial score (nSPS) is 12.0. The van der Waals surface area contributed by atoms with Gasteiger partial charge in [-0.25, -0.2) is 4.79 Å². The minimum absolute atomic E-state index is 0.201. The summed E-state index contributed by atoms with van der Waals surface area (Å²) in [6.45, 7) is 2.93. The molecule has 5 heteroatoms. The highest BCUT2D eigenvalue weighted by Crippen LogP contribution is 2.09. The van der Waals surface area contributed by atoms with Crippen molar-refractivity contribution < 1.29 is 14.6 Å². The number of benzene rings is 1. The first-order chi connectivity index (χ1) is 9.04.